The van der Waals surface area contributed by atoms with Crippen LogP contribution in [0, 0.1) is 5.92 Å². The number of anilines is 1. The topological polar surface area (TPSA) is 82.1 Å². The monoisotopic (exact) mass is 303 g/mol. The summed E-state index contributed by atoms with van der Waals surface area (Å²) in [4.78, 5) is 1.87. The van der Waals surface area contributed by atoms with Crippen molar-refractivity contribution >= 4 is 11.5 Å². The van der Waals surface area contributed by atoms with Gasteiger partial charge in [0, 0.05) is 36.9 Å². The molecule has 1 aliphatic rings. The second kappa shape index (κ2) is 5.80. The van der Waals surface area contributed by atoms with Crippen molar-refractivity contribution in [3.63, 3.8) is 0 Å². The summed E-state index contributed by atoms with van der Waals surface area (Å²) in [6, 6.07) is 3.54. The van der Waals surface area contributed by atoms with Crippen molar-refractivity contribution in [3.8, 4) is 0 Å². The number of oxime groups is 1. The van der Waals surface area contributed by atoms with Gasteiger partial charge in [-0.2, -0.15) is 13.2 Å². The van der Waals surface area contributed by atoms with Crippen molar-refractivity contribution in [1.82, 2.24) is 0 Å². The molecule has 1 aromatic carbocycles. The molecule has 1 saturated heterocycles. The van der Waals surface area contributed by atoms with E-state index in [2.05, 4.69) is 5.16 Å². The van der Waals surface area contributed by atoms with Gasteiger partial charge < -0.3 is 20.9 Å². The van der Waals surface area contributed by atoms with E-state index in [1.54, 1.807) is 0 Å². The Hall–Kier alpha value is -1.96. The molecule has 0 bridgehead atoms. The van der Waals surface area contributed by atoms with Gasteiger partial charge in [0.05, 0.1) is 5.56 Å². The quantitative estimate of drug-likeness (QED) is 0.343. The van der Waals surface area contributed by atoms with Crippen LogP contribution in [-0.2, 0) is 6.18 Å². The van der Waals surface area contributed by atoms with E-state index in [0.29, 0.717) is 18.8 Å². The first-order valence-electron chi connectivity index (χ1n) is 6.41. The Balaban J connectivity index is 2.39. The fourth-order valence-corrected chi connectivity index (χ4v) is 2.46. The fraction of sp³-hybridized carbons (Fsp3) is 0.462. The zero-order chi connectivity index (χ0) is 15.6. The predicted molar refractivity (Wildman–Crippen MR) is 71.4 cm³/mol. The van der Waals surface area contributed by atoms with Crippen LogP contribution in [0.2, 0.25) is 0 Å². The third-order valence-corrected chi connectivity index (χ3v) is 3.60. The lowest BCUT2D eigenvalue weighted by Gasteiger charge is -2.21. The first-order chi connectivity index (χ1) is 9.86. The summed E-state index contributed by atoms with van der Waals surface area (Å²) < 4.78 is 38.8. The van der Waals surface area contributed by atoms with Gasteiger partial charge in [0.25, 0.3) is 0 Å². The maximum atomic E-state index is 12.9. The van der Waals surface area contributed by atoms with Crippen LogP contribution in [0.4, 0.5) is 18.9 Å². The van der Waals surface area contributed by atoms with Gasteiger partial charge >= 0.3 is 6.18 Å². The molecule has 1 unspecified atom stereocenters. The molecule has 0 saturated carbocycles. The molecule has 116 valence electrons. The highest BCUT2D eigenvalue weighted by Crippen LogP contribution is 2.35. The molecular formula is C13H16F3N3O2. The van der Waals surface area contributed by atoms with Crippen LogP contribution in [0.3, 0.4) is 0 Å². The number of nitrogens with two attached hydrogens (primary N) is 1. The standard InChI is InChI=1S/C13H16F3N3O2/c14-13(15,16)11-2-1-9(5-10(11)12(17)18-21)19-4-3-8(6-19)7-20/h1-2,5,8,20-21H,3-4,6-7H2,(H2,17,18). The SMILES string of the molecule is N/C(=N/O)c1cc(N2CCC(CO)C2)ccc1C(F)(F)F. The van der Waals surface area contributed by atoms with E-state index in [4.69, 9.17) is 16.0 Å². The van der Waals surface area contributed by atoms with Crippen LogP contribution in [-0.4, -0.2) is 35.8 Å². The molecule has 0 spiro atoms. The summed E-state index contributed by atoms with van der Waals surface area (Å²) in [6.07, 6.45) is -3.81. The summed E-state index contributed by atoms with van der Waals surface area (Å²) >= 11 is 0. The van der Waals surface area contributed by atoms with E-state index < -0.39 is 17.6 Å². The second-order valence-electron chi connectivity index (χ2n) is 5.00. The number of halogens is 3. The van der Waals surface area contributed by atoms with Gasteiger partial charge in [-0.15, -0.1) is 0 Å². The molecular weight excluding hydrogens is 287 g/mol. The van der Waals surface area contributed by atoms with Crippen molar-refractivity contribution in [2.24, 2.45) is 16.8 Å². The maximum Gasteiger partial charge on any atom is 0.417 e. The minimum atomic E-state index is -4.58. The zero-order valence-corrected chi connectivity index (χ0v) is 11.1. The van der Waals surface area contributed by atoms with Crippen LogP contribution >= 0.6 is 0 Å². The van der Waals surface area contributed by atoms with Gasteiger partial charge in [0.2, 0.25) is 0 Å². The summed E-state index contributed by atoms with van der Waals surface area (Å²) in [5.41, 5.74) is 4.61. The maximum absolute atomic E-state index is 12.9. The largest absolute Gasteiger partial charge is 0.417 e. The third kappa shape index (κ3) is 3.21. The highest BCUT2D eigenvalue weighted by atomic mass is 19.4. The van der Waals surface area contributed by atoms with Crippen molar-refractivity contribution in [3.05, 3.63) is 29.3 Å². The van der Waals surface area contributed by atoms with Crippen molar-refractivity contribution in [1.29, 1.82) is 0 Å². The molecule has 0 aliphatic carbocycles. The highest BCUT2D eigenvalue weighted by molar-refractivity contribution is 5.99. The average Bonchev–Trinajstić information content (AvgIpc) is 2.93. The lowest BCUT2D eigenvalue weighted by atomic mass is 10.0. The van der Waals surface area contributed by atoms with E-state index in [0.717, 1.165) is 12.5 Å². The Morgan fingerprint density at radius 2 is 2.14 bits per heavy atom. The van der Waals surface area contributed by atoms with Crippen LogP contribution < -0.4 is 10.6 Å². The van der Waals surface area contributed by atoms with Gasteiger partial charge in [-0.3, -0.25) is 0 Å². The lowest BCUT2D eigenvalue weighted by molar-refractivity contribution is -0.137. The number of aliphatic hydroxyl groups excluding tert-OH is 1. The van der Waals surface area contributed by atoms with E-state index in [1.165, 1.54) is 12.1 Å². The number of hydrogen-bond acceptors (Lipinski definition) is 4. The normalized spacial score (nSPS) is 20.1. The molecule has 8 heteroatoms. The summed E-state index contributed by atoms with van der Waals surface area (Å²) in [7, 11) is 0. The summed E-state index contributed by atoms with van der Waals surface area (Å²) in [6.45, 7) is 1.26. The Morgan fingerprint density at radius 1 is 1.43 bits per heavy atom. The highest BCUT2D eigenvalue weighted by Gasteiger charge is 2.35. The first-order valence-corrected chi connectivity index (χ1v) is 6.41. The van der Waals surface area contributed by atoms with E-state index >= 15 is 0 Å². The molecule has 2 rings (SSSR count). The number of rotatable bonds is 3. The minimum Gasteiger partial charge on any atom is -0.409 e. The smallest absolute Gasteiger partial charge is 0.409 e. The molecule has 1 fully saturated rings. The molecule has 5 nitrogen and oxygen atoms in total. The lowest BCUT2D eigenvalue weighted by Crippen LogP contribution is -2.24. The van der Waals surface area contributed by atoms with E-state index in [1.807, 2.05) is 4.90 Å². The summed E-state index contributed by atoms with van der Waals surface area (Å²) in [5.74, 6) is -0.471. The number of hydrogen-bond donors (Lipinski definition) is 3. The van der Waals surface area contributed by atoms with Gasteiger partial charge in [-0.25, -0.2) is 0 Å². The van der Waals surface area contributed by atoms with Crippen LogP contribution in [0.5, 0.6) is 0 Å². The fourth-order valence-electron chi connectivity index (χ4n) is 2.46. The number of benzene rings is 1. The molecule has 1 aromatic rings. The van der Waals surface area contributed by atoms with Gasteiger partial charge in [0.1, 0.15) is 0 Å². The van der Waals surface area contributed by atoms with Crippen LogP contribution in [0.25, 0.3) is 0 Å². The molecule has 1 aliphatic heterocycles. The molecule has 4 N–H and O–H groups in total. The third-order valence-electron chi connectivity index (χ3n) is 3.60. The van der Waals surface area contributed by atoms with Gasteiger partial charge in [-0.05, 0) is 24.6 Å². The number of alkyl halides is 3. The molecule has 0 amide bonds. The van der Waals surface area contributed by atoms with Gasteiger partial charge in [0.15, 0.2) is 5.84 Å². The number of nitrogens with zero attached hydrogens (tertiary/aromatic N) is 2. The Kier molecular flexibility index (Phi) is 4.26. The molecule has 0 radical (unpaired) electrons. The van der Waals surface area contributed by atoms with Crippen molar-refractivity contribution in [2.45, 2.75) is 12.6 Å². The minimum absolute atomic E-state index is 0.0459. The molecule has 0 aromatic heterocycles. The first kappa shape index (κ1) is 15.4. The molecule has 1 heterocycles. The summed E-state index contributed by atoms with van der Waals surface area (Å²) in [5, 5.41) is 20.4. The average molecular weight is 303 g/mol. The van der Waals surface area contributed by atoms with E-state index in [-0.39, 0.29) is 18.1 Å². The van der Waals surface area contributed by atoms with Crippen LogP contribution in [0.1, 0.15) is 17.5 Å². The predicted octanol–water partition coefficient (Wildman–Crippen LogP) is 1.62. The Labute approximate surface area is 119 Å². The molecule has 1 atom stereocenters. The van der Waals surface area contributed by atoms with Crippen molar-refractivity contribution < 1.29 is 23.5 Å². The second-order valence-corrected chi connectivity index (χ2v) is 5.00. The zero-order valence-electron chi connectivity index (χ0n) is 11.1. The van der Waals surface area contributed by atoms with Crippen molar-refractivity contribution in [2.75, 3.05) is 24.6 Å². The number of amidine groups is 1. The number of aliphatic hydroxyl groups is 1. The van der Waals surface area contributed by atoms with Gasteiger partial charge in [-0.1, -0.05) is 5.16 Å². The molecule has 21 heavy (non-hydrogen) atoms. The Bertz CT molecular complexity index is 546. The van der Waals surface area contributed by atoms with E-state index in [9.17, 15) is 13.2 Å². The van der Waals surface area contributed by atoms with Crippen LogP contribution in [0.15, 0.2) is 23.4 Å². The Morgan fingerprint density at radius 3 is 2.67 bits per heavy atom.